The molecule has 3 rings (SSSR count). The molecule has 1 heteroatoms. The molecular weight excluding hydrogens is 340 g/mol. The minimum absolute atomic E-state index is 0.164. The van der Waals surface area contributed by atoms with Gasteiger partial charge in [0.05, 0.1) is 6.10 Å². The van der Waals surface area contributed by atoms with Gasteiger partial charge in [0.15, 0.2) is 0 Å². The van der Waals surface area contributed by atoms with Crippen molar-refractivity contribution in [2.24, 2.45) is 0 Å². The van der Waals surface area contributed by atoms with Crippen LogP contribution in [-0.4, -0.2) is 6.10 Å². The Hall–Kier alpha value is -2.38. The van der Waals surface area contributed by atoms with E-state index in [0.717, 1.165) is 6.42 Å². The summed E-state index contributed by atoms with van der Waals surface area (Å²) in [6.45, 7) is 4.47. The van der Waals surface area contributed by atoms with Gasteiger partial charge < -0.3 is 4.74 Å². The first kappa shape index (κ1) is 20.4. The third-order valence-electron chi connectivity index (χ3n) is 5.38. The third kappa shape index (κ3) is 4.72. The Kier molecular flexibility index (Phi) is 7.45. The van der Waals surface area contributed by atoms with Crippen LogP contribution in [0.25, 0.3) is 0 Å². The molecule has 0 aromatic heterocycles. The van der Waals surface area contributed by atoms with Gasteiger partial charge >= 0.3 is 0 Å². The lowest BCUT2D eigenvalue weighted by molar-refractivity contribution is -0.0427. The van der Waals surface area contributed by atoms with E-state index in [2.05, 4.69) is 105 Å². The average Bonchev–Trinajstić information content (AvgIpc) is 2.77. The first-order valence-electron chi connectivity index (χ1n) is 10.6. The molecule has 0 aliphatic rings. The number of benzene rings is 3. The number of hydrogen-bond acceptors (Lipinski definition) is 1. The quantitative estimate of drug-likeness (QED) is 0.267. The Balaban J connectivity index is 2.04. The van der Waals surface area contributed by atoms with Gasteiger partial charge in [0.2, 0.25) is 0 Å². The number of hydrogen-bond donors (Lipinski definition) is 0. The molecule has 0 amide bonds. The Morgan fingerprint density at radius 3 is 1.46 bits per heavy atom. The zero-order valence-corrected chi connectivity index (χ0v) is 17.2. The van der Waals surface area contributed by atoms with Gasteiger partial charge in [-0.1, -0.05) is 124 Å². The van der Waals surface area contributed by atoms with Crippen LogP contribution in [0.2, 0.25) is 0 Å². The van der Waals surface area contributed by atoms with Crippen molar-refractivity contribution in [3.63, 3.8) is 0 Å². The molecule has 0 unspecified atom stereocenters. The largest absolute Gasteiger partial charge is 0.358 e. The lowest BCUT2D eigenvalue weighted by Gasteiger charge is -2.38. The summed E-state index contributed by atoms with van der Waals surface area (Å²) < 4.78 is 6.98. The molecule has 0 spiro atoms. The SMILES string of the molecule is CCCCCC[C@@H](C)OC(c1ccccc1)(c1ccccc1)c1ccccc1. The van der Waals surface area contributed by atoms with E-state index in [-0.39, 0.29) is 6.10 Å². The van der Waals surface area contributed by atoms with Crippen LogP contribution in [0.15, 0.2) is 91.0 Å². The monoisotopic (exact) mass is 372 g/mol. The van der Waals surface area contributed by atoms with Crippen molar-refractivity contribution < 1.29 is 4.74 Å². The van der Waals surface area contributed by atoms with Crippen molar-refractivity contribution in [3.8, 4) is 0 Å². The Labute approximate surface area is 170 Å². The molecule has 0 saturated heterocycles. The molecule has 0 N–H and O–H groups in total. The zero-order chi connectivity index (χ0) is 19.7. The van der Waals surface area contributed by atoms with Crippen LogP contribution in [0.5, 0.6) is 0 Å². The fraction of sp³-hybridized carbons (Fsp3) is 0.333. The standard InChI is InChI=1S/C27H32O/c1-3-4-5-9-16-23(2)28-27(24-17-10-6-11-18-24,25-19-12-7-13-20-25)26-21-14-8-15-22-26/h6-8,10-15,17-23H,3-5,9,16H2,1-2H3/t23-/m1/s1. The van der Waals surface area contributed by atoms with Gasteiger partial charge in [-0.3, -0.25) is 0 Å². The fourth-order valence-corrected chi connectivity index (χ4v) is 3.94. The molecule has 0 radical (unpaired) electrons. The molecule has 0 fully saturated rings. The van der Waals surface area contributed by atoms with Gasteiger partial charge in [0.1, 0.15) is 5.60 Å². The third-order valence-corrected chi connectivity index (χ3v) is 5.38. The second-order valence-electron chi connectivity index (χ2n) is 7.56. The first-order chi connectivity index (χ1) is 13.8. The van der Waals surface area contributed by atoms with E-state index in [1.54, 1.807) is 0 Å². The van der Waals surface area contributed by atoms with Crippen LogP contribution in [0.4, 0.5) is 0 Å². The Bertz CT molecular complexity index is 699. The molecule has 28 heavy (non-hydrogen) atoms. The minimum atomic E-state index is -0.603. The summed E-state index contributed by atoms with van der Waals surface area (Å²) in [5.41, 5.74) is 2.92. The highest BCUT2D eigenvalue weighted by Gasteiger charge is 2.38. The lowest BCUT2D eigenvalue weighted by Crippen LogP contribution is -2.36. The van der Waals surface area contributed by atoms with Gasteiger partial charge in [0.25, 0.3) is 0 Å². The van der Waals surface area contributed by atoms with Crippen LogP contribution in [-0.2, 0) is 10.3 Å². The maximum Gasteiger partial charge on any atom is 0.144 e. The summed E-state index contributed by atoms with van der Waals surface area (Å²) in [5, 5.41) is 0. The van der Waals surface area contributed by atoms with Gasteiger partial charge in [-0.2, -0.15) is 0 Å². The van der Waals surface area contributed by atoms with Crippen LogP contribution in [0, 0.1) is 0 Å². The van der Waals surface area contributed by atoms with Crippen molar-refractivity contribution in [2.75, 3.05) is 0 Å². The van der Waals surface area contributed by atoms with E-state index in [9.17, 15) is 0 Å². The number of ether oxygens (including phenoxy) is 1. The highest BCUT2D eigenvalue weighted by Crippen LogP contribution is 2.41. The molecule has 3 aromatic carbocycles. The van der Waals surface area contributed by atoms with Crippen molar-refractivity contribution in [1.29, 1.82) is 0 Å². The van der Waals surface area contributed by atoms with Crippen molar-refractivity contribution >= 4 is 0 Å². The van der Waals surface area contributed by atoms with Crippen LogP contribution >= 0.6 is 0 Å². The highest BCUT2D eigenvalue weighted by molar-refractivity contribution is 5.47. The summed E-state index contributed by atoms with van der Waals surface area (Å²) in [5.74, 6) is 0. The number of unbranched alkanes of at least 4 members (excludes halogenated alkanes) is 3. The van der Waals surface area contributed by atoms with Gasteiger partial charge in [-0.05, 0) is 30.0 Å². The molecule has 0 saturated carbocycles. The topological polar surface area (TPSA) is 9.23 Å². The van der Waals surface area contributed by atoms with Crippen molar-refractivity contribution in [2.45, 2.75) is 57.7 Å². The predicted molar refractivity (Wildman–Crippen MR) is 119 cm³/mol. The van der Waals surface area contributed by atoms with Crippen LogP contribution < -0.4 is 0 Å². The first-order valence-corrected chi connectivity index (χ1v) is 10.6. The normalized spacial score (nSPS) is 12.6. The van der Waals surface area contributed by atoms with Crippen LogP contribution in [0.3, 0.4) is 0 Å². The molecule has 0 aliphatic heterocycles. The Morgan fingerprint density at radius 1 is 0.643 bits per heavy atom. The maximum atomic E-state index is 6.98. The highest BCUT2D eigenvalue weighted by atomic mass is 16.5. The van der Waals surface area contributed by atoms with E-state index < -0.39 is 5.60 Å². The molecule has 0 aliphatic carbocycles. The lowest BCUT2D eigenvalue weighted by atomic mass is 9.80. The summed E-state index contributed by atoms with van der Waals surface area (Å²) in [4.78, 5) is 0. The van der Waals surface area contributed by atoms with Gasteiger partial charge in [-0.25, -0.2) is 0 Å². The van der Waals surface area contributed by atoms with E-state index in [1.807, 2.05) is 0 Å². The molecule has 3 aromatic rings. The van der Waals surface area contributed by atoms with E-state index in [0.29, 0.717) is 0 Å². The molecule has 0 bridgehead atoms. The second kappa shape index (κ2) is 10.2. The molecule has 1 atom stereocenters. The Morgan fingerprint density at radius 2 is 1.07 bits per heavy atom. The van der Waals surface area contributed by atoms with Gasteiger partial charge in [0, 0.05) is 0 Å². The summed E-state index contributed by atoms with van der Waals surface area (Å²) in [6, 6.07) is 31.9. The summed E-state index contributed by atoms with van der Waals surface area (Å²) >= 11 is 0. The van der Waals surface area contributed by atoms with Crippen molar-refractivity contribution in [1.82, 2.24) is 0 Å². The maximum absolute atomic E-state index is 6.98. The van der Waals surface area contributed by atoms with E-state index >= 15 is 0 Å². The minimum Gasteiger partial charge on any atom is -0.358 e. The zero-order valence-electron chi connectivity index (χ0n) is 17.2. The smallest absolute Gasteiger partial charge is 0.144 e. The predicted octanol–water partition coefficient (Wildman–Crippen LogP) is 7.35. The molecule has 0 heterocycles. The summed E-state index contributed by atoms with van der Waals surface area (Å²) in [6.07, 6.45) is 6.29. The molecular formula is C27H32O. The fourth-order valence-electron chi connectivity index (χ4n) is 3.94. The van der Waals surface area contributed by atoms with E-state index in [1.165, 1.54) is 42.4 Å². The van der Waals surface area contributed by atoms with Crippen LogP contribution in [0.1, 0.15) is 62.6 Å². The average molecular weight is 373 g/mol. The number of rotatable bonds is 10. The summed E-state index contributed by atoms with van der Waals surface area (Å²) in [7, 11) is 0. The second-order valence-corrected chi connectivity index (χ2v) is 7.56. The van der Waals surface area contributed by atoms with Crippen molar-refractivity contribution in [3.05, 3.63) is 108 Å². The molecule has 146 valence electrons. The molecule has 1 nitrogen and oxygen atoms in total. The van der Waals surface area contributed by atoms with Gasteiger partial charge in [-0.15, -0.1) is 0 Å². The van der Waals surface area contributed by atoms with E-state index in [4.69, 9.17) is 4.74 Å².